The van der Waals surface area contributed by atoms with Gasteiger partial charge in [-0.3, -0.25) is 4.79 Å². The Bertz CT molecular complexity index is 629. The van der Waals surface area contributed by atoms with Gasteiger partial charge < -0.3 is 14.4 Å². The minimum absolute atomic E-state index is 0.00973. The molecule has 0 saturated heterocycles. The van der Waals surface area contributed by atoms with Crippen LogP contribution in [-0.2, 0) is 9.53 Å². The van der Waals surface area contributed by atoms with Crippen LogP contribution in [0.5, 0.6) is 0 Å². The second-order valence-corrected chi connectivity index (χ2v) is 6.24. The lowest BCUT2D eigenvalue weighted by molar-refractivity contribution is -0.133. The van der Waals surface area contributed by atoms with Gasteiger partial charge in [0.1, 0.15) is 0 Å². The maximum Gasteiger partial charge on any atom is 0.313 e. The summed E-state index contributed by atoms with van der Waals surface area (Å²) in [5, 5.41) is 9.54. The van der Waals surface area contributed by atoms with E-state index in [-0.39, 0.29) is 11.8 Å². The molecule has 0 aliphatic rings. The number of fused-ring (bicyclic) bond motifs is 1. The fraction of sp³-hybridized carbons (Fsp3) is 0.385. The van der Waals surface area contributed by atoms with Crippen LogP contribution in [-0.4, -0.2) is 40.1 Å². The summed E-state index contributed by atoms with van der Waals surface area (Å²) in [6.07, 6.45) is 0. The number of carboxylic acid groups (broad SMARTS) is 1. The fourth-order valence-electron chi connectivity index (χ4n) is 2.02. The van der Waals surface area contributed by atoms with Crippen LogP contribution in [0.25, 0.3) is 11.0 Å². The maximum absolute atomic E-state index is 10.8. The summed E-state index contributed by atoms with van der Waals surface area (Å²) < 4.78 is 8.17. The number of hydrogen-bond acceptors (Lipinski definition) is 4. The molecule has 2 aromatic rings. The van der Waals surface area contributed by atoms with E-state index in [2.05, 4.69) is 20.9 Å². The van der Waals surface area contributed by atoms with Crippen molar-refractivity contribution in [3.63, 3.8) is 0 Å². The van der Waals surface area contributed by atoms with E-state index in [4.69, 9.17) is 9.84 Å². The Morgan fingerprint density at radius 3 is 3.00 bits per heavy atom. The third-order valence-electron chi connectivity index (χ3n) is 2.79. The topological polar surface area (TPSA) is 64.3 Å². The Morgan fingerprint density at radius 1 is 1.60 bits per heavy atom. The monoisotopic (exact) mass is 358 g/mol. The molecule has 108 valence electrons. The molecule has 1 aromatic carbocycles. The maximum atomic E-state index is 10.8. The molecule has 0 spiro atoms. The van der Waals surface area contributed by atoms with E-state index in [0.717, 1.165) is 15.5 Å². The predicted molar refractivity (Wildman–Crippen MR) is 82.4 cm³/mol. The van der Waals surface area contributed by atoms with Gasteiger partial charge in [0.05, 0.1) is 29.4 Å². The highest BCUT2D eigenvalue weighted by molar-refractivity contribution is 9.10. The first-order valence-electron chi connectivity index (χ1n) is 6.04. The molecule has 2 rings (SSSR count). The zero-order valence-corrected chi connectivity index (χ0v) is 13.6. The highest BCUT2D eigenvalue weighted by Crippen LogP contribution is 2.29. The van der Waals surface area contributed by atoms with Crippen molar-refractivity contribution in [3.05, 3.63) is 22.7 Å². The molecule has 5 nitrogen and oxygen atoms in total. The quantitative estimate of drug-likeness (QED) is 0.803. The molecule has 0 aliphatic carbocycles. The average molecular weight is 359 g/mol. The van der Waals surface area contributed by atoms with Crippen molar-refractivity contribution in [2.24, 2.45) is 0 Å². The first kappa shape index (κ1) is 15.3. The van der Waals surface area contributed by atoms with E-state index in [1.807, 2.05) is 29.7 Å². The highest BCUT2D eigenvalue weighted by atomic mass is 79.9. The standard InChI is InChI=1S/C13H15BrN2O3S/c1-8(6-19-2)16-11-4-3-9(14)5-10(11)15-13(16)20-7-12(17)18/h3-5,8H,6-7H2,1-2H3,(H,17,18). The Balaban J connectivity index is 2.47. The first-order valence-corrected chi connectivity index (χ1v) is 7.81. The number of carbonyl (C=O) groups is 1. The summed E-state index contributed by atoms with van der Waals surface area (Å²) in [7, 11) is 1.65. The van der Waals surface area contributed by atoms with Gasteiger partial charge in [0.25, 0.3) is 0 Å². The third kappa shape index (κ3) is 3.34. The molecule has 1 heterocycles. The van der Waals surface area contributed by atoms with E-state index in [9.17, 15) is 4.79 Å². The van der Waals surface area contributed by atoms with Crippen LogP contribution in [0.1, 0.15) is 13.0 Å². The lowest BCUT2D eigenvalue weighted by Crippen LogP contribution is -2.12. The fourth-order valence-corrected chi connectivity index (χ4v) is 3.20. The summed E-state index contributed by atoms with van der Waals surface area (Å²) in [6.45, 7) is 2.57. The summed E-state index contributed by atoms with van der Waals surface area (Å²) in [5.74, 6) is -0.862. The second kappa shape index (κ2) is 6.60. The van der Waals surface area contributed by atoms with Gasteiger partial charge in [-0.2, -0.15) is 0 Å². The number of halogens is 1. The number of ether oxygens (including phenoxy) is 1. The van der Waals surface area contributed by atoms with Crippen molar-refractivity contribution in [3.8, 4) is 0 Å². The molecule has 1 unspecified atom stereocenters. The number of aromatic nitrogens is 2. The van der Waals surface area contributed by atoms with Crippen LogP contribution in [0.2, 0.25) is 0 Å². The minimum Gasteiger partial charge on any atom is -0.481 e. The lowest BCUT2D eigenvalue weighted by atomic mass is 10.3. The van der Waals surface area contributed by atoms with Gasteiger partial charge in [0.15, 0.2) is 5.16 Å². The third-order valence-corrected chi connectivity index (χ3v) is 4.22. The van der Waals surface area contributed by atoms with Crippen LogP contribution in [0.15, 0.2) is 27.8 Å². The van der Waals surface area contributed by atoms with Gasteiger partial charge in [-0.25, -0.2) is 4.98 Å². The zero-order chi connectivity index (χ0) is 14.7. The summed E-state index contributed by atoms with van der Waals surface area (Å²) in [5.41, 5.74) is 1.82. The predicted octanol–water partition coefficient (Wildman–Crippen LogP) is 3.18. The van der Waals surface area contributed by atoms with Gasteiger partial charge in [-0.1, -0.05) is 27.7 Å². The van der Waals surface area contributed by atoms with E-state index in [1.54, 1.807) is 7.11 Å². The molecule has 1 atom stereocenters. The number of carboxylic acids is 1. The number of imidazole rings is 1. The molecular formula is C13H15BrN2O3S. The van der Waals surface area contributed by atoms with Crippen molar-refractivity contribution in [1.82, 2.24) is 9.55 Å². The summed E-state index contributed by atoms with van der Waals surface area (Å²) >= 11 is 4.64. The number of benzene rings is 1. The number of rotatable bonds is 6. The average Bonchev–Trinajstić information content (AvgIpc) is 2.74. The zero-order valence-electron chi connectivity index (χ0n) is 11.2. The largest absolute Gasteiger partial charge is 0.481 e. The van der Waals surface area contributed by atoms with Gasteiger partial charge in [0, 0.05) is 11.6 Å². The van der Waals surface area contributed by atoms with E-state index >= 15 is 0 Å². The molecule has 0 radical (unpaired) electrons. The van der Waals surface area contributed by atoms with Gasteiger partial charge in [-0.05, 0) is 25.1 Å². The van der Waals surface area contributed by atoms with Crippen molar-refractivity contribution in [2.45, 2.75) is 18.1 Å². The van der Waals surface area contributed by atoms with Crippen molar-refractivity contribution in [1.29, 1.82) is 0 Å². The van der Waals surface area contributed by atoms with Gasteiger partial charge in [-0.15, -0.1) is 0 Å². The molecule has 0 bridgehead atoms. The smallest absolute Gasteiger partial charge is 0.313 e. The number of aliphatic carboxylic acids is 1. The van der Waals surface area contributed by atoms with Gasteiger partial charge in [0.2, 0.25) is 0 Å². The SMILES string of the molecule is COCC(C)n1c(SCC(=O)O)nc2cc(Br)ccc21. The van der Waals surface area contributed by atoms with E-state index < -0.39 is 5.97 Å². The minimum atomic E-state index is -0.853. The Morgan fingerprint density at radius 2 is 2.35 bits per heavy atom. The van der Waals surface area contributed by atoms with E-state index in [1.165, 1.54) is 11.8 Å². The van der Waals surface area contributed by atoms with Gasteiger partial charge >= 0.3 is 5.97 Å². The molecule has 0 saturated carbocycles. The molecule has 1 aromatic heterocycles. The normalized spacial score (nSPS) is 12.8. The number of thioether (sulfide) groups is 1. The second-order valence-electron chi connectivity index (χ2n) is 4.38. The van der Waals surface area contributed by atoms with Crippen LogP contribution in [0.4, 0.5) is 0 Å². The van der Waals surface area contributed by atoms with Crippen molar-refractivity contribution < 1.29 is 14.6 Å². The van der Waals surface area contributed by atoms with E-state index in [0.29, 0.717) is 11.8 Å². The lowest BCUT2D eigenvalue weighted by Gasteiger charge is -2.16. The molecule has 0 amide bonds. The van der Waals surface area contributed by atoms with Crippen LogP contribution >= 0.6 is 27.7 Å². The summed E-state index contributed by atoms with van der Waals surface area (Å²) in [6, 6.07) is 5.94. The molecular weight excluding hydrogens is 344 g/mol. The Kier molecular flexibility index (Phi) is 5.06. The van der Waals surface area contributed by atoms with Crippen LogP contribution in [0.3, 0.4) is 0 Å². The molecule has 7 heteroatoms. The molecule has 1 N–H and O–H groups in total. The molecule has 20 heavy (non-hydrogen) atoms. The Hall–Kier alpha value is -1.05. The molecule has 0 aliphatic heterocycles. The van der Waals surface area contributed by atoms with Crippen molar-refractivity contribution in [2.75, 3.05) is 19.5 Å². The number of methoxy groups -OCH3 is 1. The molecule has 0 fully saturated rings. The van der Waals surface area contributed by atoms with Crippen LogP contribution < -0.4 is 0 Å². The summed E-state index contributed by atoms with van der Waals surface area (Å²) in [4.78, 5) is 15.3. The highest BCUT2D eigenvalue weighted by Gasteiger charge is 2.17. The van der Waals surface area contributed by atoms with Crippen LogP contribution in [0, 0.1) is 0 Å². The number of nitrogens with zero attached hydrogens (tertiary/aromatic N) is 2. The van der Waals surface area contributed by atoms with Crippen molar-refractivity contribution >= 4 is 44.7 Å². The first-order chi connectivity index (χ1) is 9.52. The number of hydrogen-bond donors (Lipinski definition) is 1. The Labute approximate surface area is 129 Å².